The number of carbonyl (C=O) groups is 1. The molecule has 0 amide bonds. The Kier molecular flexibility index (Phi) is 9.49. The van der Waals surface area contributed by atoms with Crippen molar-refractivity contribution in [3.63, 3.8) is 0 Å². The fourth-order valence-corrected chi connectivity index (χ4v) is 4.86. The lowest BCUT2D eigenvalue weighted by Gasteiger charge is -2.27. The number of aliphatic hydroxyl groups excluding tert-OH is 1. The summed E-state index contributed by atoms with van der Waals surface area (Å²) < 4.78 is 11.8. The summed E-state index contributed by atoms with van der Waals surface area (Å²) in [6.45, 7) is 0.436. The molecule has 0 saturated carbocycles. The van der Waals surface area contributed by atoms with Crippen molar-refractivity contribution in [2.24, 2.45) is 0 Å². The summed E-state index contributed by atoms with van der Waals surface area (Å²) in [5, 5.41) is 24.4. The molecule has 0 unspecified atom stereocenters. The van der Waals surface area contributed by atoms with Crippen LogP contribution < -0.4 is 14.8 Å². The molecule has 5 rings (SSSR count). The van der Waals surface area contributed by atoms with Crippen molar-refractivity contribution in [3.05, 3.63) is 118 Å². The van der Waals surface area contributed by atoms with Gasteiger partial charge >= 0.3 is 5.97 Å². The first-order chi connectivity index (χ1) is 18.4. The van der Waals surface area contributed by atoms with Gasteiger partial charge in [0.05, 0.1) is 6.10 Å². The molecule has 4 aromatic rings. The molecule has 0 fully saturated rings. The second-order valence-corrected chi connectivity index (χ2v) is 9.77. The summed E-state index contributed by atoms with van der Waals surface area (Å²) in [5.41, 5.74) is 3.25. The summed E-state index contributed by atoms with van der Waals surface area (Å²) in [7, 11) is 0. The Morgan fingerprint density at radius 1 is 0.897 bits per heavy atom. The summed E-state index contributed by atoms with van der Waals surface area (Å²) in [4.78, 5) is 11.9. The highest BCUT2D eigenvalue weighted by Gasteiger charge is 2.21. The predicted molar refractivity (Wildman–Crippen MR) is 154 cm³/mol. The Morgan fingerprint density at radius 2 is 1.67 bits per heavy atom. The van der Waals surface area contributed by atoms with E-state index in [-0.39, 0.29) is 29.8 Å². The van der Waals surface area contributed by atoms with Gasteiger partial charge in [0.1, 0.15) is 28.6 Å². The maximum atomic E-state index is 11.9. The highest BCUT2D eigenvalue weighted by molar-refractivity contribution is 6.30. The highest BCUT2D eigenvalue weighted by Crippen LogP contribution is 2.33. The molecule has 0 aliphatic heterocycles. The maximum Gasteiger partial charge on any atom is 0.339 e. The molecule has 1 aliphatic carbocycles. The number of halogens is 2. The fraction of sp³-hybridized carbons (Fsp3) is 0.194. The first-order valence-corrected chi connectivity index (χ1v) is 12.9. The van der Waals surface area contributed by atoms with Crippen LogP contribution in [-0.2, 0) is 12.8 Å². The van der Waals surface area contributed by atoms with Crippen LogP contribution in [0.25, 0.3) is 0 Å². The molecule has 202 valence electrons. The SMILES string of the molecule is Cl.O=C(O)c1cc(Oc2ccc3c(c2)C[C@@H](NC[C@@H](O)c2cccc(Cl)c2)CC3)ccc1Oc1ccccc1. The molecule has 0 saturated heterocycles. The van der Waals surface area contributed by atoms with E-state index in [1.165, 1.54) is 17.2 Å². The molecule has 6 nitrogen and oxygen atoms in total. The van der Waals surface area contributed by atoms with Gasteiger partial charge in [0.15, 0.2) is 0 Å². The molecular weight excluding hydrogens is 537 g/mol. The third-order valence-corrected chi connectivity index (χ3v) is 6.86. The monoisotopic (exact) mass is 565 g/mol. The van der Waals surface area contributed by atoms with Crippen LogP contribution in [0.3, 0.4) is 0 Å². The highest BCUT2D eigenvalue weighted by atomic mass is 35.5. The van der Waals surface area contributed by atoms with E-state index in [4.69, 9.17) is 21.1 Å². The number of aryl methyl sites for hydroxylation is 1. The normalized spacial score (nSPS) is 15.0. The number of nitrogens with one attached hydrogen (secondary N) is 1. The number of rotatable bonds is 9. The van der Waals surface area contributed by atoms with Crippen LogP contribution in [-0.4, -0.2) is 28.8 Å². The molecule has 39 heavy (non-hydrogen) atoms. The summed E-state index contributed by atoms with van der Waals surface area (Å²) in [6, 6.07) is 27.3. The number of hydrogen-bond donors (Lipinski definition) is 3. The molecule has 0 aromatic heterocycles. The Labute approximate surface area is 238 Å². The van der Waals surface area contributed by atoms with E-state index >= 15 is 0 Å². The van der Waals surface area contributed by atoms with Gasteiger partial charge in [-0.05, 0) is 90.6 Å². The van der Waals surface area contributed by atoms with Crippen molar-refractivity contribution in [1.82, 2.24) is 5.32 Å². The zero-order valence-electron chi connectivity index (χ0n) is 21.0. The maximum absolute atomic E-state index is 11.9. The predicted octanol–water partition coefficient (Wildman–Crippen LogP) is 7.23. The van der Waals surface area contributed by atoms with Crippen LogP contribution in [0.5, 0.6) is 23.0 Å². The molecule has 0 heterocycles. The zero-order valence-corrected chi connectivity index (χ0v) is 22.6. The third-order valence-electron chi connectivity index (χ3n) is 6.63. The van der Waals surface area contributed by atoms with Crippen molar-refractivity contribution in [1.29, 1.82) is 0 Å². The molecule has 0 spiro atoms. The molecule has 0 bridgehead atoms. The van der Waals surface area contributed by atoms with Crippen molar-refractivity contribution >= 4 is 30.0 Å². The molecule has 1 aliphatic rings. The average molecular weight is 566 g/mol. The molecule has 4 aromatic carbocycles. The molecule has 0 radical (unpaired) electrons. The zero-order chi connectivity index (χ0) is 26.5. The first kappa shape index (κ1) is 28.5. The second-order valence-electron chi connectivity index (χ2n) is 9.33. The van der Waals surface area contributed by atoms with Gasteiger partial charge < -0.3 is 25.0 Å². The number of aromatic carboxylic acids is 1. The van der Waals surface area contributed by atoms with Crippen LogP contribution in [0, 0.1) is 0 Å². The lowest BCUT2D eigenvalue weighted by molar-refractivity contribution is 0.0693. The largest absolute Gasteiger partial charge is 0.478 e. The number of ether oxygens (including phenoxy) is 2. The Morgan fingerprint density at radius 3 is 2.44 bits per heavy atom. The Balaban J connectivity index is 0.00000353. The lowest BCUT2D eigenvalue weighted by Crippen LogP contribution is -2.37. The number of aliphatic hydroxyl groups is 1. The summed E-state index contributed by atoms with van der Waals surface area (Å²) in [6.07, 6.45) is 2.07. The van der Waals surface area contributed by atoms with Crippen molar-refractivity contribution in [2.75, 3.05) is 6.54 Å². The molecule has 8 heteroatoms. The van der Waals surface area contributed by atoms with Crippen LogP contribution in [0.2, 0.25) is 5.02 Å². The Hall–Kier alpha value is -3.55. The summed E-state index contributed by atoms with van der Waals surface area (Å²) >= 11 is 6.05. The van der Waals surface area contributed by atoms with Crippen LogP contribution >= 0.6 is 24.0 Å². The number of benzene rings is 4. The van der Waals surface area contributed by atoms with Gasteiger partial charge in [-0.25, -0.2) is 4.79 Å². The molecule has 3 N–H and O–H groups in total. The number of para-hydroxylation sites is 1. The minimum absolute atomic E-state index is 0. The van der Waals surface area contributed by atoms with E-state index in [0.717, 1.165) is 24.8 Å². The number of fused-ring (bicyclic) bond motifs is 1. The molecule has 2 atom stereocenters. The van der Waals surface area contributed by atoms with Gasteiger partial charge in [-0.15, -0.1) is 12.4 Å². The minimum atomic E-state index is -1.10. The van der Waals surface area contributed by atoms with Crippen molar-refractivity contribution in [2.45, 2.75) is 31.4 Å². The van der Waals surface area contributed by atoms with Crippen LogP contribution in [0.1, 0.15) is 39.6 Å². The minimum Gasteiger partial charge on any atom is -0.478 e. The van der Waals surface area contributed by atoms with Gasteiger partial charge in [0, 0.05) is 17.6 Å². The van der Waals surface area contributed by atoms with Gasteiger partial charge in [0.25, 0.3) is 0 Å². The molecular formula is C31H29Cl2NO5. The number of carboxylic acids is 1. The topological polar surface area (TPSA) is 88.0 Å². The van der Waals surface area contributed by atoms with E-state index in [9.17, 15) is 15.0 Å². The van der Waals surface area contributed by atoms with Crippen molar-refractivity contribution < 1.29 is 24.5 Å². The van der Waals surface area contributed by atoms with E-state index in [1.54, 1.807) is 36.4 Å². The fourth-order valence-electron chi connectivity index (χ4n) is 4.66. The van der Waals surface area contributed by atoms with E-state index < -0.39 is 12.1 Å². The van der Waals surface area contributed by atoms with Crippen LogP contribution in [0.15, 0.2) is 91.0 Å². The average Bonchev–Trinajstić information content (AvgIpc) is 2.93. The number of carboxylic acid groups (broad SMARTS) is 1. The second kappa shape index (κ2) is 13.0. The van der Waals surface area contributed by atoms with Gasteiger partial charge in [-0.3, -0.25) is 0 Å². The van der Waals surface area contributed by atoms with E-state index in [0.29, 0.717) is 28.8 Å². The van der Waals surface area contributed by atoms with Crippen LogP contribution in [0.4, 0.5) is 0 Å². The quantitative estimate of drug-likeness (QED) is 0.198. The van der Waals surface area contributed by atoms with Gasteiger partial charge in [0.2, 0.25) is 0 Å². The number of hydrogen-bond acceptors (Lipinski definition) is 5. The van der Waals surface area contributed by atoms with E-state index in [2.05, 4.69) is 11.4 Å². The smallest absolute Gasteiger partial charge is 0.339 e. The standard InChI is InChI=1S/C31H28ClNO5.ClH/c32-23-6-4-5-21(15-23)29(34)19-33-24-11-9-20-10-12-26(17-22(20)16-24)37-27-13-14-30(28(18-27)31(35)36)38-25-7-2-1-3-8-25;/h1-8,10,12-15,17-18,24,29,33-34H,9,11,16,19H2,(H,35,36);1H/t24-,29+;/m0./s1. The Bertz CT molecular complexity index is 1430. The third kappa shape index (κ3) is 7.31. The van der Waals surface area contributed by atoms with Crippen molar-refractivity contribution in [3.8, 4) is 23.0 Å². The van der Waals surface area contributed by atoms with Gasteiger partial charge in [-0.2, -0.15) is 0 Å². The lowest BCUT2D eigenvalue weighted by atomic mass is 9.88. The summed E-state index contributed by atoms with van der Waals surface area (Å²) in [5.74, 6) is 0.756. The van der Waals surface area contributed by atoms with Gasteiger partial charge in [-0.1, -0.05) is 48.0 Å². The first-order valence-electron chi connectivity index (χ1n) is 12.5. The van der Waals surface area contributed by atoms with E-state index in [1.807, 2.05) is 42.5 Å².